The summed E-state index contributed by atoms with van der Waals surface area (Å²) < 4.78 is 66.6. The number of aryl methyl sites for hydroxylation is 1. The van der Waals surface area contributed by atoms with E-state index >= 15 is 0 Å². The molecule has 5 nitrogen and oxygen atoms in total. The first-order valence-corrected chi connectivity index (χ1v) is 10.9. The third kappa shape index (κ3) is 5.45. The van der Waals surface area contributed by atoms with Crippen molar-refractivity contribution < 1.29 is 31.8 Å². The molecule has 1 aliphatic carbocycles. The smallest absolute Gasteiger partial charge is 0.417 e. The first kappa shape index (κ1) is 24.3. The fourth-order valence-corrected chi connectivity index (χ4v) is 3.90. The van der Waals surface area contributed by atoms with Gasteiger partial charge in [-0.2, -0.15) is 13.2 Å². The molecule has 1 aliphatic rings. The van der Waals surface area contributed by atoms with E-state index < -0.39 is 23.5 Å². The average Bonchev–Trinajstić information content (AvgIpc) is 3.35. The Morgan fingerprint density at radius 2 is 1.89 bits per heavy atom. The fourth-order valence-electron chi connectivity index (χ4n) is 3.90. The minimum Gasteiger partial charge on any atom is -0.481 e. The number of methoxy groups -OCH3 is 1. The van der Waals surface area contributed by atoms with Crippen molar-refractivity contribution >= 4 is 17.2 Å². The predicted molar refractivity (Wildman–Crippen MR) is 123 cm³/mol. The zero-order valence-corrected chi connectivity index (χ0v) is 19.0. The Morgan fingerprint density at radius 1 is 1.09 bits per heavy atom. The van der Waals surface area contributed by atoms with E-state index in [0.29, 0.717) is 29.7 Å². The van der Waals surface area contributed by atoms with Crippen LogP contribution in [0, 0.1) is 12.7 Å². The molecular formula is C26H22F4N2O3. The highest BCUT2D eigenvalue weighted by molar-refractivity contribution is 6.07. The summed E-state index contributed by atoms with van der Waals surface area (Å²) in [7, 11) is 1.42. The number of hydrogen-bond donors (Lipinski definition) is 1. The van der Waals surface area contributed by atoms with Gasteiger partial charge in [0.1, 0.15) is 17.3 Å². The van der Waals surface area contributed by atoms with Gasteiger partial charge in [-0.3, -0.25) is 4.79 Å². The molecule has 3 aromatic rings. The van der Waals surface area contributed by atoms with E-state index in [1.807, 2.05) is 0 Å². The molecule has 0 spiro atoms. The molecule has 0 bridgehead atoms. The molecule has 1 amide bonds. The van der Waals surface area contributed by atoms with Crippen molar-refractivity contribution in [1.82, 2.24) is 4.98 Å². The van der Waals surface area contributed by atoms with Crippen LogP contribution in [-0.2, 0) is 6.18 Å². The zero-order chi connectivity index (χ0) is 25.2. The van der Waals surface area contributed by atoms with Gasteiger partial charge in [0.2, 0.25) is 5.88 Å². The Labute approximate surface area is 199 Å². The Morgan fingerprint density at radius 3 is 2.54 bits per heavy atom. The molecule has 4 rings (SSSR count). The minimum atomic E-state index is -4.68. The number of anilines is 1. The Kier molecular flexibility index (Phi) is 6.77. The number of ether oxygens (including phenoxy) is 2. The van der Waals surface area contributed by atoms with Crippen LogP contribution in [0.4, 0.5) is 23.2 Å². The van der Waals surface area contributed by atoms with Crippen molar-refractivity contribution in [3.8, 4) is 17.4 Å². The Bertz CT molecular complexity index is 1300. The predicted octanol–water partition coefficient (Wildman–Crippen LogP) is 7.17. The number of alkyl halides is 3. The van der Waals surface area contributed by atoms with Gasteiger partial charge in [-0.05, 0) is 79.3 Å². The second kappa shape index (κ2) is 9.77. The fraction of sp³-hybridized carbons (Fsp3) is 0.231. The summed E-state index contributed by atoms with van der Waals surface area (Å²) in [5.74, 6) is -1.11. The lowest BCUT2D eigenvalue weighted by atomic mass is 9.95. The molecule has 0 atom stereocenters. The van der Waals surface area contributed by atoms with Crippen LogP contribution in [0.2, 0.25) is 0 Å². The van der Waals surface area contributed by atoms with Crippen LogP contribution in [-0.4, -0.2) is 18.0 Å². The lowest BCUT2D eigenvalue weighted by molar-refractivity contribution is -0.137. The van der Waals surface area contributed by atoms with Crippen LogP contribution in [0.25, 0.3) is 5.57 Å². The summed E-state index contributed by atoms with van der Waals surface area (Å²) in [6.07, 6.45) is 0.376. The van der Waals surface area contributed by atoms with Crippen LogP contribution >= 0.6 is 0 Å². The molecule has 0 saturated heterocycles. The monoisotopic (exact) mass is 486 g/mol. The average molecular weight is 486 g/mol. The summed E-state index contributed by atoms with van der Waals surface area (Å²) in [4.78, 5) is 17.3. The van der Waals surface area contributed by atoms with Gasteiger partial charge in [0.15, 0.2) is 0 Å². The summed E-state index contributed by atoms with van der Waals surface area (Å²) in [6.45, 7) is 1.56. The third-order valence-electron chi connectivity index (χ3n) is 5.62. The maximum atomic E-state index is 14.1. The Hall–Kier alpha value is -3.88. The van der Waals surface area contributed by atoms with E-state index in [2.05, 4.69) is 10.3 Å². The maximum Gasteiger partial charge on any atom is 0.417 e. The number of nitrogens with zero attached hydrogens (tertiary/aromatic N) is 1. The highest BCUT2D eigenvalue weighted by Gasteiger charge is 2.36. The van der Waals surface area contributed by atoms with E-state index in [-0.39, 0.29) is 28.5 Å². The normalized spacial score (nSPS) is 13.4. The number of nitrogens with one attached hydrogen (secondary N) is 1. The number of benzene rings is 2. The lowest BCUT2D eigenvalue weighted by Gasteiger charge is -2.20. The first-order chi connectivity index (χ1) is 16.7. The second-order valence-corrected chi connectivity index (χ2v) is 8.07. The third-order valence-corrected chi connectivity index (χ3v) is 5.62. The molecule has 35 heavy (non-hydrogen) atoms. The number of rotatable bonds is 6. The van der Waals surface area contributed by atoms with Crippen molar-refractivity contribution in [2.75, 3.05) is 12.4 Å². The first-order valence-electron chi connectivity index (χ1n) is 10.9. The molecule has 0 aliphatic heterocycles. The summed E-state index contributed by atoms with van der Waals surface area (Å²) in [6, 6.07) is 8.68. The minimum absolute atomic E-state index is 0.0596. The van der Waals surface area contributed by atoms with Crippen LogP contribution in [0.1, 0.15) is 46.3 Å². The highest BCUT2D eigenvalue weighted by atomic mass is 19.4. The number of carbonyl (C=O) groups is 1. The summed E-state index contributed by atoms with van der Waals surface area (Å²) in [5, 5.41) is 2.66. The van der Waals surface area contributed by atoms with Gasteiger partial charge >= 0.3 is 6.18 Å². The van der Waals surface area contributed by atoms with Gasteiger partial charge in [-0.25, -0.2) is 9.37 Å². The van der Waals surface area contributed by atoms with Crippen LogP contribution in [0.3, 0.4) is 0 Å². The van der Waals surface area contributed by atoms with Crippen LogP contribution in [0.15, 0.2) is 54.7 Å². The Balaban J connectivity index is 1.83. The lowest BCUT2D eigenvalue weighted by Crippen LogP contribution is -2.16. The molecule has 9 heteroatoms. The molecule has 1 aromatic heterocycles. The zero-order valence-electron chi connectivity index (χ0n) is 19.0. The van der Waals surface area contributed by atoms with Crippen molar-refractivity contribution in [2.24, 2.45) is 0 Å². The topological polar surface area (TPSA) is 60.5 Å². The van der Waals surface area contributed by atoms with Gasteiger partial charge in [0.05, 0.1) is 18.2 Å². The van der Waals surface area contributed by atoms with E-state index in [9.17, 15) is 22.4 Å². The molecule has 0 radical (unpaired) electrons. The van der Waals surface area contributed by atoms with Gasteiger partial charge in [-0.15, -0.1) is 0 Å². The molecule has 0 saturated carbocycles. The standard InChI is InChI=1S/C26H22F4N2O3/c1-15-11-17(27)7-8-22(15)35-23-14-21(26(28,29)30)19(16-5-3-4-6-16)13-20(23)25(33)32-18-9-10-31-24(12-18)34-2/h5,7-14H,3-4,6H2,1-2H3,(H,31,32,33). The molecule has 0 unspecified atom stereocenters. The van der Waals surface area contributed by atoms with Gasteiger partial charge in [-0.1, -0.05) is 6.08 Å². The number of aromatic nitrogens is 1. The van der Waals surface area contributed by atoms with Gasteiger partial charge in [0.25, 0.3) is 5.91 Å². The molecule has 1 heterocycles. The van der Waals surface area contributed by atoms with Crippen molar-refractivity contribution in [3.63, 3.8) is 0 Å². The number of pyridine rings is 1. The number of allylic oxidation sites excluding steroid dienone is 2. The number of carbonyl (C=O) groups excluding carboxylic acids is 1. The summed E-state index contributed by atoms with van der Waals surface area (Å²) >= 11 is 0. The van der Waals surface area contributed by atoms with Crippen molar-refractivity contribution in [1.29, 1.82) is 0 Å². The van der Waals surface area contributed by atoms with Crippen molar-refractivity contribution in [3.05, 3.63) is 82.8 Å². The number of halogens is 4. The number of amides is 1. The molecule has 2 aromatic carbocycles. The summed E-state index contributed by atoms with van der Waals surface area (Å²) in [5.41, 5.74) is 0.179. The number of hydrogen-bond acceptors (Lipinski definition) is 4. The molecule has 1 N–H and O–H groups in total. The molecule has 0 fully saturated rings. The molecular weight excluding hydrogens is 464 g/mol. The van der Waals surface area contributed by atoms with Crippen molar-refractivity contribution in [2.45, 2.75) is 32.4 Å². The van der Waals surface area contributed by atoms with Crippen LogP contribution in [0.5, 0.6) is 17.4 Å². The SMILES string of the molecule is COc1cc(NC(=O)c2cc(C3=CCCC3)c(C(F)(F)F)cc2Oc2ccc(F)cc2C)ccn1. The quantitative estimate of drug-likeness (QED) is 0.375. The maximum absolute atomic E-state index is 14.1. The van der Waals surface area contributed by atoms with E-state index in [1.165, 1.54) is 43.6 Å². The highest BCUT2D eigenvalue weighted by Crippen LogP contribution is 2.43. The largest absolute Gasteiger partial charge is 0.481 e. The van der Waals surface area contributed by atoms with Gasteiger partial charge in [0, 0.05) is 18.0 Å². The molecule has 182 valence electrons. The second-order valence-electron chi connectivity index (χ2n) is 8.07. The van der Waals surface area contributed by atoms with E-state index in [4.69, 9.17) is 9.47 Å². The van der Waals surface area contributed by atoms with E-state index in [0.717, 1.165) is 18.6 Å². The van der Waals surface area contributed by atoms with Gasteiger partial charge < -0.3 is 14.8 Å². The van der Waals surface area contributed by atoms with Crippen LogP contribution < -0.4 is 14.8 Å². The van der Waals surface area contributed by atoms with E-state index in [1.54, 1.807) is 13.0 Å².